The van der Waals surface area contributed by atoms with Crippen molar-refractivity contribution in [1.29, 1.82) is 0 Å². The summed E-state index contributed by atoms with van der Waals surface area (Å²) in [5, 5.41) is 5.70. The lowest BCUT2D eigenvalue weighted by Gasteiger charge is -2.35. The average molecular weight is 401 g/mol. The molecule has 1 saturated heterocycles. The second-order valence-corrected chi connectivity index (χ2v) is 7.58. The molecule has 0 bridgehead atoms. The fraction of sp³-hybridized carbons (Fsp3) is 0.650. The van der Waals surface area contributed by atoms with Gasteiger partial charge in [-0.2, -0.15) is 13.2 Å². The van der Waals surface area contributed by atoms with Gasteiger partial charge in [0.25, 0.3) is 0 Å². The van der Waals surface area contributed by atoms with E-state index in [1.165, 1.54) is 12.8 Å². The van der Waals surface area contributed by atoms with Gasteiger partial charge >= 0.3 is 12.2 Å². The molecule has 0 saturated carbocycles. The molecule has 1 fully saturated rings. The summed E-state index contributed by atoms with van der Waals surface area (Å²) in [4.78, 5) is 14.4. The van der Waals surface area contributed by atoms with Gasteiger partial charge in [-0.05, 0) is 43.4 Å². The van der Waals surface area contributed by atoms with Crippen molar-refractivity contribution in [2.75, 3.05) is 26.2 Å². The van der Waals surface area contributed by atoms with Crippen LogP contribution in [0.3, 0.4) is 0 Å². The van der Waals surface area contributed by atoms with Gasteiger partial charge in [-0.1, -0.05) is 31.2 Å². The Hall–Kier alpha value is -1.80. The van der Waals surface area contributed by atoms with Crippen molar-refractivity contribution in [2.45, 2.75) is 52.1 Å². The summed E-state index contributed by atoms with van der Waals surface area (Å²) in [6, 6.07) is 7.00. The minimum absolute atomic E-state index is 0.0965. The van der Waals surface area contributed by atoms with Crippen molar-refractivity contribution < 1.29 is 22.7 Å². The van der Waals surface area contributed by atoms with Crippen molar-refractivity contribution in [3.05, 3.63) is 35.4 Å². The molecule has 2 rings (SSSR count). The SMILES string of the molecule is CC1CCCN(C(C)CNC(=O)NCc2ccc(COCC(F)(F)F)cc2)C1. The summed E-state index contributed by atoms with van der Waals surface area (Å²) in [7, 11) is 0. The lowest BCUT2D eigenvalue weighted by Crippen LogP contribution is -2.48. The third-order valence-corrected chi connectivity index (χ3v) is 4.88. The number of nitrogens with one attached hydrogen (secondary N) is 2. The highest BCUT2D eigenvalue weighted by molar-refractivity contribution is 5.73. The predicted molar refractivity (Wildman–Crippen MR) is 102 cm³/mol. The van der Waals surface area contributed by atoms with Gasteiger partial charge < -0.3 is 15.4 Å². The zero-order chi connectivity index (χ0) is 20.6. The monoisotopic (exact) mass is 401 g/mol. The second-order valence-electron chi connectivity index (χ2n) is 7.58. The zero-order valence-corrected chi connectivity index (χ0v) is 16.5. The smallest absolute Gasteiger partial charge is 0.367 e. The Bertz CT molecular complexity index is 608. The number of hydrogen-bond donors (Lipinski definition) is 2. The number of hydrogen-bond acceptors (Lipinski definition) is 3. The molecular weight excluding hydrogens is 371 g/mol. The second kappa shape index (κ2) is 10.7. The van der Waals surface area contributed by atoms with Gasteiger partial charge in [0.05, 0.1) is 6.61 Å². The number of carbonyl (C=O) groups is 1. The molecule has 0 spiro atoms. The van der Waals surface area contributed by atoms with Gasteiger partial charge in [-0.25, -0.2) is 4.79 Å². The molecule has 2 amide bonds. The average Bonchev–Trinajstić information content (AvgIpc) is 2.64. The minimum Gasteiger partial charge on any atom is -0.367 e. The van der Waals surface area contributed by atoms with Gasteiger partial charge in [-0.3, -0.25) is 4.90 Å². The van der Waals surface area contributed by atoms with Crippen LogP contribution in [0.5, 0.6) is 0 Å². The van der Waals surface area contributed by atoms with E-state index in [2.05, 4.69) is 34.1 Å². The standard InChI is InChI=1S/C20H30F3N3O2/c1-15-4-3-9-26(12-15)16(2)10-24-19(27)25-11-17-5-7-18(8-6-17)13-28-14-20(21,22)23/h5-8,15-16H,3-4,9-14H2,1-2H3,(H2,24,25,27). The van der Waals surface area contributed by atoms with Gasteiger partial charge in [0.1, 0.15) is 6.61 Å². The van der Waals surface area contributed by atoms with E-state index in [1.54, 1.807) is 24.3 Å². The Balaban J connectivity index is 1.65. The number of halogens is 3. The van der Waals surface area contributed by atoms with E-state index in [-0.39, 0.29) is 12.6 Å². The fourth-order valence-electron chi connectivity index (χ4n) is 3.28. The van der Waals surface area contributed by atoms with Crippen LogP contribution in [0.25, 0.3) is 0 Å². The van der Waals surface area contributed by atoms with Crippen LogP contribution in [-0.4, -0.2) is 49.4 Å². The maximum atomic E-state index is 12.1. The van der Waals surface area contributed by atoms with Crippen LogP contribution in [0.4, 0.5) is 18.0 Å². The predicted octanol–water partition coefficient (Wildman–Crippen LogP) is 3.69. The van der Waals surface area contributed by atoms with E-state index in [0.29, 0.717) is 30.6 Å². The highest BCUT2D eigenvalue weighted by Gasteiger charge is 2.27. The quantitative estimate of drug-likeness (QED) is 0.699. The normalized spacial score (nSPS) is 19.2. The highest BCUT2D eigenvalue weighted by atomic mass is 19.4. The van der Waals surface area contributed by atoms with E-state index in [0.717, 1.165) is 18.7 Å². The number of piperidine rings is 1. The molecule has 1 aromatic rings. The summed E-state index contributed by atoms with van der Waals surface area (Å²) in [5.74, 6) is 0.701. The first-order valence-electron chi connectivity index (χ1n) is 9.71. The molecular formula is C20H30F3N3O2. The number of carbonyl (C=O) groups excluding carboxylic acids is 1. The van der Waals surface area contributed by atoms with Crippen molar-refractivity contribution in [2.24, 2.45) is 5.92 Å². The Morgan fingerprint density at radius 1 is 1.25 bits per heavy atom. The maximum Gasteiger partial charge on any atom is 0.411 e. The Kier molecular flexibility index (Phi) is 8.57. The molecule has 0 aromatic heterocycles. The molecule has 0 radical (unpaired) electrons. The largest absolute Gasteiger partial charge is 0.411 e. The number of alkyl halides is 3. The molecule has 1 aliphatic heterocycles. The lowest BCUT2D eigenvalue weighted by atomic mass is 9.99. The minimum atomic E-state index is -4.32. The summed E-state index contributed by atoms with van der Waals surface area (Å²) < 4.78 is 40.8. The van der Waals surface area contributed by atoms with Crippen molar-refractivity contribution in [1.82, 2.24) is 15.5 Å². The molecule has 2 unspecified atom stereocenters. The highest BCUT2D eigenvalue weighted by Crippen LogP contribution is 2.17. The first-order valence-corrected chi connectivity index (χ1v) is 9.71. The zero-order valence-electron chi connectivity index (χ0n) is 16.5. The molecule has 1 heterocycles. The Morgan fingerprint density at radius 2 is 1.93 bits per heavy atom. The Labute approximate surface area is 164 Å². The molecule has 28 heavy (non-hydrogen) atoms. The third-order valence-electron chi connectivity index (χ3n) is 4.88. The van der Waals surface area contributed by atoms with Crippen molar-refractivity contribution in [3.8, 4) is 0 Å². The van der Waals surface area contributed by atoms with Crippen molar-refractivity contribution in [3.63, 3.8) is 0 Å². The van der Waals surface area contributed by atoms with Gasteiger partial charge in [0, 0.05) is 25.7 Å². The van der Waals surface area contributed by atoms with E-state index in [4.69, 9.17) is 0 Å². The molecule has 5 nitrogen and oxygen atoms in total. The molecule has 1 aromatic carbocycles. The van der Waals surface area contributed by atoms with E-state index in [9.17, 15) is 18.0 Å². The fourth-order valence-corrected chi connectivity index (χ4v) is 3.28. The van der Waals surface area contributed by atoms with Crippen LogP contribution in [-0.2, 0) is 17.9 Å². The number of likely N-dealkylation sites (tertiary alicyclic amines) is 1. The summed E-state index contributed by atoms with van der Waals surface area (Å²) in [6.07, 6.45) is -1.85. The van der Waals surface area contributed by atoms with Crippen LogP contribution in [0.1, 0.15) is 37.8 Å². The maximum absolute atomic E-state index is 12.1. The van der Waals surface area contributed by atoms with Crippen LogP contribution in [0, 0.1) is 5.92 Å². The third kappa shape index (κ3) is 8.48. The van der Waals surface area contributed by atoms with Crippen LogP contribution in [0.2, 0.25) is 0 Å². The molecule has 158 valence electrons. The molecule has 8 heteroatoms. The van der Waals surface area contributed by atoms with Gasteiger partial charge in [-0.15, -0.1) is 0 Å². The number of rotatable bonds is 8. The summed E-state index contributed by atoms with van der Waals surface area (Å²) >= 11 is 0. The molecule has 2 N–H and O–H groups in total. The number of ether oxygens (including phenoxy) is 1. The van der Waals surface area contributed by atoms with Gasteiger partial charge in [0.15, 0.2) is 0 Å². The van der Waals surface area contributed by atoms with Crippen LogP contribution < -0.4 is 10.6 Å². The Morgan fingerprint density at radius 3 is 2.57 bits per heavy atom. The van der Waals surface area contributed by atoms with E-state index >= 15 is 0 Å². The summed E-state index contributed by atoms with van der Waals surface area (Å²) in [5.41, 5.74) is 1.52. The van der Waals surface area contributed by atoms with Crippen molar-refractivity contribution >= 4 is 6.03 Å². The van der Waals surface area contributed by atoms with Crippen LogP contribution in [0.15, 0.2) is 24.3 Å². The number of benzene rings is 1. The van der Waals surface area contributed by atoms with E-state index in [1.807, 2.05) is 0 Å². The first kappa shape index (κ1) is 22.5. The number of nitrogens with zero attached hydrogens (tertiary/aromatic N) is 1. The molecule has 2 atom stereocenters. The molecule has 0 aliphatic carbocycles. The molecule has 1 aliphatic rings. The first-order chi connectivity index (χ1) is 13.2. The lowest BCUT2D eigenvalue weighted by molar-refractivity contribution is -0.176. The van der Waals surface area contributed by atoms with E-state index < -0.39 is 12.8 Å². The summed E-state index contributed by atoms with van der Waals surface area (Å²) in [6.45, 7) is 6.12. The number of amides is 2. The van der Waals surface area contributed by atoms with Crippen LogP contribution >= 0.6 is 0 Å². The topological polar surface area (TPSA) is 53.6 Å². The number of urea groups is 1. The van der Waals surface area contributed by atoms with Gasteiger partial charge in [0.2, 0.25) is 0 Å².